The number of benzene rings is 1. The molecule has 0 amide bonds. The molecule has 180 valence electrons. The number of fused-ring (bicyclic) bond motifs is 2. The first-order valence-electron chi connectivity index (χ1n) is 10.8. The van der Waals surface area contributed by atoms with E-state index < -0.39 is 11.2 Å². The number of aryl methyl sites for hydroxylation is 1. The second kappa shape index (κ2) is 9.12. The number of hydrogen-bond acceptors (Lipinski definition) is 7. The maximum Gasteiger partial charge on any atom is 0.332 e. The van der Waals surface area contributed by atoms with Crippen LogP contribution in [0.5, 0.6) is 0 Å². The SMILES string of the molecule is CC(C)=CCn1c(SC(C)(C)CN)nc2c1c(=O)n(Cc1nc3cc(F)ccc3s1)c(=O)n2C. The van der Waals surface area contributed by atoms with Gasteiger partial charge in [-0.1, -0.05) is 23.4 Å². The Morgan fingerprint density at radius 3 is 2.65 bits per heavy atom. The first-order chi connectivity index (χ1) is 16.0. The molecule has 0 aliphatic heterocycles. The predicted molar refractivity (Wildman–Crippen MR) is 136 cm³/mol. The zero-order valence-electron chi connectivity index (χ0n) is 19.8. The lowest BCUT2D eigenvalue weighted by Crippen LogP contribution is -2.40. The molecule has 2 N–H and O–H groups in total. The smallest absolute Gasteiger partial charge is 0.329 e. The Balaban J connectivity index is 1.91. The molecule has 0 unspecified atom stereocenters. The van der Waals surface area contributed by atoms with Crippen LogP contribution in [0.2, 0.25) is 0 Å². The number of aromatic nitrogens is 5. The van der Waals surface area contributed by atoms with E-state index in [1.807, 2.05) is 38.3 Å². The highest BCUT2D eigenvalue weighted by molar-refractivity contribution is 8.00. The molecular weight excluding hydrogens is 475 g/mol. The summed E-state index contributed by atoms with van der Waals surface area (Å²) >= 11 is 2.80. The van der Waals surface area contributed by atoms with Crippen molar-refractivity contribution in [2.75, 3.05) is 6.54 Å². The van der Waals surface area contributed by atoms with Gasteiger partial charge in [0.25, 0.3) is 5.56 Å². The second-order valence-corrected chi connectivity index (χ2v) is 11.8. The molecule has 34 heavy (non-hydrogen) atoms. The third kappa shape index (κ3) is 4.59. The zero-order valence-corrected chi connectivity index (χ0v) is 21.4. The second-order valence-electron chi connectivity index (χ2n) is 8.98. The molecular formula is C23H27FN6O2S2. The summed E-state index contributed by atoms with van der Waals surface area (Å²) in [6.45, 7) is 8.85. The fourth-order valence-electron chi connectivity index (χ4n) is 3.45. The number of allylic oxidation sites excluding steroid dienone is 2. The normalized spacial score (nSPS) is 12.1. The van der Waals surface area contributed by atoms with Gasteiger partial charge >= 0.3 is 5.69 Å². The van der Waals surface area contributed by atoms with Crippen molar-refractivity contribution in [2.45, 2.75) is 50.7 Å². The maximum atomic E-state index is 13.6. The van der Waals surface area contributed by atoms with Gasteiger partial charge in [-0.25, -0.2) is 19.2 Å². The molecule has 0 aliphatic carbocycles. The average molecular weight is 503 g/mol. The topological polar surface area (TPSA) is 101 Å². The minimum Gasteiger partial charge on any atom is -0.329 e. The fraction of sp³-hybridized carbons (Fsp3) is 0.391. The van der Waals surface area contributed by atoms with Crippen LogP contribution in [0, 0.1) is 5.82 Å². The molecule has 0 fully saturated rings. The van der Waals surface area contributed by atoms with Gasteiger partial charge in [-0.05, 0) is 39.8 Å². The molecule has 8 nitrogen and oxygen atoms in total. The summed E-state index contributed by atoms with van der Waals surface area (Å²) < 4.78 is 18.5. The molecule has 3 heterocycles. The summed E-state index contributed by atoms with van der Waals surface area (Å²) in [4.78, 5) is 35.9. The number of imidazole rings is 1. The molecule has 0 spiro atoms. The standard InChI is InChI=1S/C23H27FN6O2S2/c1-13(2)8-9-29-18-19(27-21(29)34-23(3,4)12-25)28(5)22(32)30(20(18)31)11-17-26-15-10-14(24)6-7-16(15)33-17/h6-8,10H,9,11-12,25H2,1-5H3. The molecule has 4 rings (SSSR count). The van der Waals surface area contributed by atoms with Crippen LogP contribution in [0.4, 0.5) is 4.39 Å². The van der Waals surface area contributed by atoms with Gasteiger partial charge in [0.05, 0.1) is 16.8 Å². The van der Waals surface area contributed by atoms with E-state index >= 15 is 0 Å². The molecule has 0 radical (unpaired) electrons. The largest absolute Gasteiger partial charge is 0.332 e. The monoisotopic (exact) mass is 502 g/mol. The summed E-state index contributed by atoms with van der Waals surface area (Å²) in [6.07, 6.45) is 2.01. The van der Waals surface area contributed by atoms with E-state index in [-0.39, 0.29) is 17.1 Å². The van der Waals surface area contributed by atoms with Gasteiger partial charge in [-0.3, -0.25) is 13.9 Å². The Kier molecular flexibility index (Phi) is 6.54. The minimum absolute atomic E-state index is 0.00694. The van der Waals surface area contributed by atoms with E-state index in [4.69, 9.17) is 5.73 Å². The quantitative estimate of drug-likeness (QED) is 0.307. The van der Waals surface area contributed by atoms with Crippen LogP contribution in [0.15, 0.2) is 44.6 Å². The van der Waals surface area contributed by atoms with E-state index in [9.17, 15) is 14.0 Å². The van der Waals surface area contributed by atoms with Crippen molar-refractivity contribution in [1.29, 1.82) is 0 Å². The van der Waals surface area contributed by atoms with E-state index in [0.717, 1.165) is 10.3 Å². The highest BCUT2D eigenvalue weighted by Crippen LogP contribution is 2.32. The Morgan fingerprint density at radius 2 is 1.97 bits per heavy atom. The Bertz CT molecular complexity index is 1540. The van der Waals surface area contributed by atoms with Crippen LogP contribution in [0.3, 0.4) is 0 Å². The van der Waals surface area contributed by atoms with Crippen LogP contribution in [-0.2, 0) is 20.1 Å². The van der Waals surface area contributed by atoms with E-state index in [2.05, 4.69) is 9.97 Å². The van der Waals surface area contributed by atoms with Crippen LogP contribution < -0.4 is 17.0 Å². The van der Waals surface area contributed by atoms with Crippen molar-refractivity contribution < 1.29 is 4.39 Å². The summed E-state index contributed by atoms with van der Waals surface area (Å²) in [7, 11) is 1.61. The van der Waals surface area contributed by atoms with Gasteiger partial charge in [0.15, 0.2) is 16.3 Å². The van der Waals surface area contributed by atoms with Gasteiger partial charge in [0, 0.05) is 31.0 Å². The van der Waals surface area contributed by atoms with Gasteiger partial charge in [-0.15, -0.1) is 11.3 Å². The molecule has 0 bridgehead atoms. The van der Waals surface area contributed by atoms with Gasteiger partial charge in [-0.2, -0.15) is 0 Å². The highest BCUT2D eigenvalue weighted by Gasteiger charge is 2.25. The number of halogens is 1. The summed E-state index contributed by atoms with van der Waals surface area (Å²) in [5.74, 6) is -0.382. The van der Waals surface area contributed by atoms with Crippen molar-refractivity contribution in [1.82, 2.24) is 23.7 Å². The predicted octanol–water partition coefficient (Wildman–Crippen LogP) is 3.49. The molecule has 0 aliphatic rings. The van der Waals surface area contributed by atoms with Crippen molar-refractivity contribution >= 4 is 44.5 Å². The lowest BCUT2D eigenvalue weighted by atomic mass is 10.2. The Morgan fingerprint density at radius 1 is 1.24 bits per heavy atom. The Hall–Kier alpha value is -2.76. The number of nitrogens with two attached hydrogens (primary N) is 1. The molecule has 11 heteroatoms. The van der Waals surface area contributed by atoms with Crippen LogP contribution in [0.25, 0.3) is 21.4 Å². The molecule has 1 aromatic carbocycles. The number of nitrogens with zero attached hydrogens (tertiary/aromatic N) is 5. The lowest BCUT2D eigenvalue weighted by Gasteiger charge is -2.21. The third-order valence-electron chi connectivity index (χ3n) is 5.43. The zero-order chi connectivity index (χ0) is 24.8. The van der Waals surface area contributed by atoms with Gasteiger partial charge in [0.1, 0.15) is 10.8 Å². The van der Waals surface area contributed by atoms with Gasteiger partial charge in [0.2, 0.25) is 0 Å². The van der Waals surface area contributed by atoms with E-state index in [1.165, 1.54) is 44.4 Å². The average Bonchev–Trinajstić information content (AvgIpc) is 3.33. The molecule has 4 aromatic rings. The first kappa shape index (κ1) is 24.4. The maximum absolute atomic E-state index is 13.6. The van der Waals surface area contributed by atoms with E-state index in [1.54, 1.807) is 13.1 Å². The Labute approximate surface area is 203 Å². The molecule has 3 aromatic heterocycles. The van der Waals surface area contributed by atoms with Crippen molar-refractivity contribution in [3.05, 3.63) is 61.5 Å². The number of thioether (sulfide) groups is 1. The fourth-order valence-corrected chi connectivity index (χ4v) is 5.37. The highest BCUT2D eigenvalue weighted by atomic mass is 32.2. The molecule has 0 saturated heterocycles. The van der Waals surface area contributed by atoms with Crippen LogP contribution in [-0.4, -0.2) is 35.0 Å². The lowest BCUT2D eigenvalue weighted by molar-refractivity contribution is 0.629. The van der Waals surface area contributed by atoms with Crippen molar-refractivity contribution in [3.63, 3.8) is 0 Å². The molecule has 0 atom stereocenters. The minimum atomic E-state index is -0.482. The summed E-state index contributed by atoms with van der Waals surface area (Å²) in [5.41, 5.74) is 7.30. The van der Waals surface area contributed by atoms with Crippen LogP contribution >= 0.6 is 23.1 Å². The van der Waals surface area contributed by atoms with Crippen molar-refractivity contribution in [3.8, 4) is 0 Å². The van der Waals surface area contributed by atoms with Gasteiger partial charge < -0.3 is 10.3 Å². The van der Waals surface area contributed by atoms with E-state index in [0.29, 0.717) is 39.9 Å². The number of thiazole rings is 1. The summed E-state index contributed by atoms with van der Waals surface area (Å²) in [5, 5.41) is 1.18. The van der Waals surface area contributed by atoms with Crippen LogP contribution in [0.1, 0.15) is 32.7 Å². The first-order valence-corrected chi connectivity index (χ1v) is 12.4. The number of hydrogen-bond donors (Lipinski definition) is 1. The number of rotatable bonds is 7. The van der Waals surface area contributed by atoms with Crippen molar-refractivity contribution in [2.24, 2.45) is 12.8 Å². The third-order valence-corrected chi connectivity index (χ3v) is 7.66. The molecule has 0 saturated carbocycles. The summed E-state index contributed by atoms with van der Waals surface area (Å²) in [6, 6.07) is 4.36.